The van der Waals surface area contributed by atoms with Gasteiger partial charge in [0.2, 0.25) is 5.91 Å². The first-order chi connectivity index (χ1) is 10.5. The van der Waals surface area contributed by atoms with Crippen LogP contribution in [-0.4, -0.2) is 35.5 Å². The summed E-state index contributed by atoms with van der Waals surface area (Å²) < 4.78 is 11.8. The van der Waals surface area contributed by atoms with Gasteiger partial charge in [0.1, 0.15) is 11.9 Å². The molecule has 1 heterocycles. The summed E-state index contributed by atoms with van der Waals surface area (Å²) in [4.78, 5) is 16.1. The van der Waals surface area contributed by atoms with E-state index in [4.69, 9.17) is 9.47 Å². The van der Waals surface area contributed by atoms with Crippen LogP contribution in [0.4, 0.5) is 5.13 Å². The Balaban J connectivity index is 2.12. The normalized spacial score (nSPS) is 13.8. The molecule has 1 amide bonds. The number of nitrogens with one attached hydrogen (secondary N) is 1. The van der Waals surface area contributed by atoms with Gasteiger partial charge in [0, 0.05) is 7.11 Å². The predicted octanol–water partition coefficient (Wildman–Crippen LogP) is 3.82. The average Bonchev–Trinajstić information content (AvgIpc) is 2.87. The second-order valence-electron chi connectivity index (χ2n) is 4.90. The van der Waals surface area contributed by atoms with Crippen molar-refractivity contribution in [3.63, 3.8) is 0 Å². The summed E-state index contributed by atoms with van der Waals surface area (Å²) in [6, 6.07) is 5.70. The van der Waals surface area contributed by atoms with Crippen molar-refractivity contribution in [1.82, 2.24) is 4.98 Å². The number of amides is 1. The van der Waals surface area contributed by atoms with E-state index in [0.29, 0.717) is 11.7 Å². The quantitative estimate of drug-likeness (QED) is 0.734. The van der Waals surface area contributed by atoms with Crippen LogP contribution < -0.4 is 10.1 Å². The molecule has 1 aromatic carbocycles. The fourth-order valence-electron chi connectivity index (χ4n) is 1.90. The minimum Gasteiger partial charge on any atom is -0.488 e. The zero-order valence-corrected chi connectivity index (χ0v) is 15.2. The van der Waals surface area contributed by atoms with Crippen molar-refractivity contribution in [3.8, 4) is 5.75 Å². The van der Waals surface area contributed by atoms with Gasteiger partial charge in [-0.1, -0.05) is 34.2 Å². The number of methoxy groups -OCH3 is 1. The van der Waals surface area contributed by atoms with E-state index in [9.17, 15) is 4.79 Å². The molecule has 0 unspecified atom stereocenters. The lowest BCUT2D eigenvalue weighted by Crippen LogP contribution is -2.21. The first-order valence-corrected chi connectivity index (χ1v) is 8.77. The number of anilines is 1. The van der Waals surface area contributed by atoms with Crippen LogP contribution in [0.15, 0.2) is 18.2 Å². The molecule has 2 rings (SSSR count). The Labute approximate surface area is 142 Å². The van der Waals surface area contributed by atoms with Crippen molar-refractivity contribution in [1.29, 1.82) is 0 Å². The van der Waals surface area contributed by atoms with E-state index in [-0.39, 0.29) is 16.8 Å². The Bertz CT molecular complexity index is 647. The Hall–Kier alpha value is -1.18. The molecular formula is C15H19BrN2O3S. The third-order valence-electron chi connectivity index (χ3n) is 2.97. The number of ether oxygens (including phenoxy) is 2. The van der Waals surface area contributed by atoms with Crippen LogP contribution in [0.25, 0.3) is 10.2 Å². The van der Waals surface area contributed by atoms with Crippen LogP contribution >= 0.6 is 27.3 Å². The molecule has 0 saturated carbocycles. The van der Waals surface area contributed by atoms with Gasteiger partial charge in [0.15, 0.2) is 5.13 Å². The number of carbonyl (C=O) groups is 1. The molecule has 5 nitrogen and oxygen atoms in total. The number of fused-ring (bicyclic) bond motifs is 1. The first kappa shape index (κ1) is 17.2. The van der Waals surface area contributed by atoms with Gasteiger partial charge < -0.3 is 14.8 Å². The van der Waals surface area contributed by atoms with Crippen molar-refractivity contribution in [2.45, 2.75) is 31.2 Å². The second-order valence-corrected chi connectivity index (χ2v) is 7.03. The second kappa shape index (κ2) is 7.89. The first-order valence-electron chi connectivity index (χ1n) is 7.04. The molecule has 0 aliphatic heterocycles. The van der Waals surface area contributed by atoms with Gasteiger partial charge in [-0.05, 0) is 31.5 Å². The lowest BCUT2D eigenvalue weighted by Gasteiger charge is -2.13. The summed E-state index contributed by atoms with van der Waals surface area (Å²) >= 11 is 4.76. The molecule has 0 aliphatic rings. The third-order valence-corrected chi connectivity index (χ3v) is 4.97. The molecule has 0 spiro atoms. The Morgan fingerprint density at radius 1 is 1.50 bits per heavy atom. The lowest BCUT2D eigenvalue weighted by molar-refractivity contribution is -0.115. The molecule has 22 heavy (non-hydrogen) atoms. The predicted molar refractivity (Wildman–Crippen MR) is 93.2 cm³/mol. The molecule has 0 radical (unpaired) electrons. The number of benzene rings is 1. The van der Waals surface area contributed by atoms with E-state index < -0.39 is 0 Å². The van der Waals surface area contributed by atoms with Gasteiger partial charge in [-0.2, -0.15) is 0 Å². The minimum absolute atomic E-state index is 0.0201. The van der Waals surface area contributed by atoms with E-state index in [0.717, 1.165) is 22.4 Å². The molecule has 7 heteroatoms. The molecular weight excluding hydrogens is 368 g/mol. The number of halogens is 1. The number of alkyl halides is 1. The van der Waals surface area contributed by atoms with Crippen LogP contribution in [0.2, 0.25) is 0 Å². The van der Waals surface area contributed by atoms with Crippen molar-refractivity contribution < 1.29 is 14.3 Å². The van der Waals surface area contributed by atoms with E-state index in [1.54, 1.807) is 7.11 Å². The molecule has 120 valence electrons. The molecule has 2 atom stereocenters. The topological polar surface area (TPSA) is 60.5 Å². The molecule has 0 aliphatic carbocycles. The van der Waals surface area contributed by atoms with Crippen molar-refractivity contribution in [3.05, 3.63) is 18.2 Å². The summed E-state index contributed by atoms with van der Waals surface area (Å²) in [6.07, 6.45) is 0.708. The fourth-order valence-corrected chi connectivity index (χ4v) is 2.91. The molecule has 1 aromatic heterocycles. The number of rotatable bonds is 7. The number of aromatic nitrogens is 1. The zero-order valence-electron chi connectivity index (χ0n) is 12.8. The number of thiazole rings is 1. The maximum Gasteiger partial charge on any atom is 0.239 e. The van der Waals surface area contributed by atoms with Crippen LogP contribution in [0.3, 0.4) is 0 Å². The van der Waals surface area contributed by atoms with Crippen LogP contribution in [0.1, 0.15) is 20.3 Å². The maximum atomic E-state index is 11.9. The van der Waals surface area contributed by atoms with Crippen molar-refractivity contribution in [2.75, 3.05) is 19.0 Å². The lowest BCUT2D eigenvalue weighted by atomic mass is 10.3. The van der Waals surface area contributed by atoms with Gasteiger partial charge in [0.25, 0.3) is 0 Å². The number of hydrogen-bond acceptors (Lipinski definition) is 5. The van der Waals surface area contributed by atoms with Gasteiger partial charge in [-0.25, -0.2) is 4.98 Å². The monoisotopic (exact) mass is 386 g/mol. The van der Waals surface area contributed by atoms with Crippen molar-refractivity contribution >= 4 is 48.5 Å². The molecule has 0 saturated heterocycles. The van der Waals surface area contributed by atoms with Gasteiger partial charge in [-0.3, -0.25) is 4.79 Å². The van der Waals surface area contributed by atoms with E-state index in [1.165, 1.54) is 11.3 Å². The highest BCUT2D eigenvalue weighted by Crippen LogP contribution is 2.30. The van der Waals surface area contributed by atoms with Gasteiger partial charge in [-0.15, -0.1) is 0 Å². The molecule has 0 bridgehead atoms. The standard InChI is InChI=1S/C15H19BrN2O3S/c1-4-11(16)14(19)18-15-17-12-6-5-10(7-13(12)22-15)21-9(2)8-20-3/h5-7,9,11H,4,8H2,1-3H3,(H,17,18,19)/t9-,11-/m0/s1. The smallest absolute Gasteiger partial charge is 0.239 e. The fraction of sp³-hybridized carbons (Fsp3) is 0.467. The molecule has 2 aromatic rings. The van der Waals surface area contributed by atoms with Gasteiger partial charge >= 0.3 is 0 Å². The summed E-state index contributed by atoms with van der Waals surface area (Å²) in [6.45, 7) is 4.43. The largest absolute Gasteiger partial charge is 0.488 e. The van der Waals surface area contributed by atoms with E-state index >= 15 is 0 Å². The summed E-state index contributed by atoms with van der Waals surface area (Å²) in [5.41, 5.74) is 0.842. The number of hydrogen-bond donors (Lipinski definition) is 1. The maximum absolute atomic E-state index is 11.9. The van der Waals surface area contributed by atoms with Crippen LogP contribution in [0, 0.1) is 0 Å². The van der Waals surface area contributed by atoms with Crippen molar-refractivity contribution in [2.24, 2.45) is 0 Å². The number of nitrogens with zero attached hydrogens (tertiary/aromatic N) is 1. The van der Waals surface area contributed by atoms with Crippen LogP contribution in [-0.2, 0) is 9.53 Å². The summed E-state index contributed by atoms with van der Waals surface area (Å²) in [7, 11) is 1.65. The summed E-state index contributed by atoms with van der Waals surface area (Å²) in [5, 5.41) is 3.42. The summed E-state index contributed by atoms with van der Waals surface area (Å²) in [5.74, 6) is 0.692. The van der Waals surface area contributed by atoms with E-state index in [2.05, 4.69) is 26.2 Å². The van der Waals surface area contributed by atoms with Gasteiger partial charge in [0.05, 0.1) is 21.7 Å². The highest BCUT2D eigenvalue weighted by atomic mass is 79.9. The van der Waals surface area contributed by atoms with Crippen LogP contribution in [0.5, 0.6) is 5.75 Å². The average molecular weight is 387 g/mol. The SMILES string of the molecule is CC[C@H](Br)C(=O)Nc1nc2ccc(O[C@@H](C)COC)cc2s1. The Morgan fingerprint density at radius 3 is 2.95 bits per heavy atom. The molecule has 1 N–H and O–H groups in total. The van der Waals surface area contributed by atoms with E-state index in [1.807, 2.05) is 32.0 Å². The molecule has 0 fully saturated rings. The number of carbonyl (C=O) groups excluding carboxylic acids is 1. The zero-order chi connectivity index (χ0) is 16.1. The third kappa shape index (κ3) is 4.41. The Morgan fingerprint density at radius 2 is 2.27 bits per heavy atom. The Kier molecular flexibility index (Phi) is 6.16. The highest BCUT2D eigenvalue weighted by molar-refractivity contribution is 9.10. The highest BCUT2D eigenvalue weighted by Gasteiger charge is 2.15. The minimum atomic E-state index is -0.201.